The highest BCUT2D eigenvalue weighted by atomic mass is 32.2. The molecule has 0 aliphatic rings. The molecule has 1 rings (SSSR count). The minimum Gasteiger partial charge on any atom is -0.481 e. The molecule has 1 N–H and O–H groups in total. The van der Waals surface area contributed by atoms with Gasteiger partial charge in [-0.2, -0.15) is 0 Å². The molecule has 90 valence electrons. The number of aliphatic carboxylic acids is 1. The number of carbonyl (C=O) groups is 1. The quantitative estimate of drug-likeness (QED) is 0.718. The molecule has 0 aliphatic heterocycles. The zero-order valence-corrected chi connectivity index (χ0v) is 10.2. The second-order valence-electron chi connectivity index (χ2n) is 3.80. The van der Waals surface area contributed by atoms with Crippen LogP contribution in [0.1, 0.15) is 13.8 Å². The number of carboxylic acid groups (broad SMARTS) is 1. The number of nitrogens with zero attached hydrogens (tertiary/aromatic N) is 4. The van der Waals surface area contributed by atoms with E-state index in [2.05, 4.69) is 15.5 Å². The lowest BCUT2D eigenvalue weighted by Crippen LogP contribution is -2.33. The zero-order valence-electron chi connectivity index (χ0n) is 9.38. The van der Waals surface area contributed by atoms with Crippen LogP contribution in [-0.2, 0) is 15.1 Å². The third-order valence-electron chi connectivity index (χ3n) is 1.84. The van der Waals surface area contributed by atoms with Gasteiger partial charge in [0.1, 0.15) is 0 Å². The monoisotopic (exact) mass is 246 g/mol. The highest BCUT2D eigenvalue weighted by Crippen LogP contribution is 2.21. The first kappa shape index (κ1) is 12.9. The fourth-order valence-electron chi connectivity index (χ4n) is 1.19. The van der Waals surface area contributed by atoms with Gasteiger partial charge in [0.15, 0.2) is 0 Å². The number of ether oxygens (including phenoxy) is 1. The molecule has 0 aliphatic carbocycles. The molecule has 0 bridgehead atoms. The normalized spacial score (nSPS) is 11.7. The van der Waals surface area contributed by atoms with E-state index in [0.29, 0.717) is 11.8 Å². The van der Waals surface area contributed by atoms with Crippen LogP contribution < -0.4 is 0 Å². The van der Waals surface area contributed by atoms with Gasteiger partial charge < -0.3 is 9.84 Å². The fraction of sp³-hybridized carbons (Fsp3) is 0.750. The number of rotatable bonds is 6. The Morgan fingerprint density at radius 1 is 1.62 bits per heavy atom. The Morgan fingerprint density at radius 2 is 2.31 bits per heavy atom. The van der Waals surface area contributed by atoms with Crippen molar-refractivity contribution in [3.8, 4) is 0 Å². The molecular formula is C8H14N4O3S. The second-order valence-corrected chi connectivity index (χ2v) is 4.74. The third kappa shape index (κ3) is 3.17. The van der Waals surface area contributed by atoms with Gasteiger partial charge in [0.05, 0.1) is 17.9 Å². The summed E-state index contributed by atoms with van der Waals surface area (Å²) in [5.41, 5.74) is -0.404. The molecule has 0 saturated heterocycles. The van der Waals surface area contributed by atoms with E-state index in [9.17, 15) is 4.79 Å². The highest BCUT2D eigenvalue weighted by molar-refractivity contribution is 7.99. The predicted molar refractivity (Wildman–Crippen MR) is 57.4 cm³/mol. The average molecular weight is 246 g/mol. The Morgan fingerprint density at radius 3 is 2.88 bits per heavy atom. The molecule has 0 aromatic carbocycles. The predicted octanol–water partition coefficient (Wildman–Crippen LogP) is 0.231. The lowest BCUT2D eigenvalue weighted by molar-refractivity contribution is -0.133. The summed E-state index contributed by atoms with van der Waals surface area (Å²) in [4.78, 5) is 10.5. The minimum absolute atomic E-state index is 0.0660. The summed E-state index contributed by atoms with van der Waals surface area (Å²) in [6.07, 6.45) is 0. The van der Waals surface area contributed by atoms with Gasteiger partial charge in [-0.25, -0.2) is 4.68 Å². The van der Waals surface area contributed by atoms with Crippen LogP contribution in [0.2, 0.25) is 0 Å². The van der Waals surface area contributed by atoms with Gasteiger partial charge in [-0.3, -0.25) is 4.79 Å². The van der Waals surface area contributed by atoms with E-state index in [1.165, 1.54) is 0 Å². The third-order valence-corrected chi connectivity index (χ3v) is 2.74. The van der Waals surface area contributed by atoms with E-state index in [4.69, 9.17) is 9.84 Å². The lowest BCUT2D eigenvalue weighted by atomic mass is 10.1. The Hall–Kier alpha value is -1.15. The van der Waals surface area contributed by atoms with E-state index >= 15 is 0 Å². The first-order valence-corrected chi connectivity index (χ1v) is 5.58. The van der Waals surface area contributed by atoms with Gasteiger partial charge in [0.25, 0.3) is 0 Å². The maximum Gasteiger partial charge on any atom is 0.313 e. The zero-order chi connectivity index (χ0) is 12.2. The SMILES string of the molecule is COCC(C)(C)n1nnnc1SCC(=O)O. The summed E-state index contributed by atoms with van der Waals surface area (Å²) in [5, 5.41) is 20.2. The van der Waals surface area contributed by atoms with E-state index in [1.54, 1.807) is 11.8 Å². The van der Waals surface area contributed by atoms with Crippen molar-refractivity contribution < 1.29 is 14.6 Å². The summed E-state index contributed by atoms with van der Waals surface area (Å²) in [5.74, 6) is -0.965. The van der Waals surface area contributed by atoms with Crippen molar-refractivity contribution in [2.75, 3.05) is 19.5 Å². The number of tetrazole rings is 1. The van der Waals surface area contributed by atoms with Crippen molar-refractivity contribution in [1.82, 2.24) is 20.2 Å². The molecule has 0 spiro atoms. The van der Waals surface area contributed by atoms with Gasteiger partial charge in [-0.05, 0) is 24.3 Å². The summed E-state index contributed by atoms with van der Waals surface area (Å²) in [7, 11) is 1.59. The van der Waals surface area contributed by atoms with E-state index < -0.39 is 11.5 Å². The van der Waals surface area contributed by atoms with Crippen LogP contribution in [0, 0.1) is 0 Å². The number of carboxylic acids is 1. The first-order chi connectivity index (χ1) is 7.47. The summed E-state index contributed by atoms with van der Waals surface area (Å²) in [6, 6.07) is 0. The first-order valence-electron chi connectivity index (χ1n) is 4.60. The topological polar surface area (TPSA) is 90.1 Å². The molecule has 7 nitrogen and oxygen atoms in total. The summed E-state index contributed by atoms with van der Waals surface area (Å²) >= 11 is 1.09. The van der Waals surface area contributed by atoms with Crippen molar-refractivity contribution in [3.63, 3.8) is 0 Å². The van der Waals surface area contributed by atoms with Crippen molar-refractivity contribution in [3.05, 3.63) is 0 Å². The second kappa shape index (κ2) is 5.26. The van der Waals surface area contributed by atoms with Crippen LogP contribution in [0.25, 0.3) is 0 Å². The van der Waals surface area contributed by atoms with Gasteiger partial charge in [-0.1, -0.05) is 11.8 Å². The van der Waals surface area contributed by atoms with Crippen LogP contribution >= 0.6 is 11.8 Å². The number of hydrogen-bond donors (Lipinski definition) is 1. The molecule has 0 unspecified atom stereocenters. The Labute approximate surface area is 97.2 Å². The molecule has 8 heteroatoms. The molecule has 0 amide bonds. The van der Waals surface area contributed by atoms with Crippen LogP contribution in [0.3, 0.4) is 0 Å². The van der Waals surface area contributed by atoms with Crippen LogP contribution in [0.4, 0.5) is 0 Å². The summed E-state index contributed by atoms with van der Waals surface area (Å²) in [6.45, 7) is 4.27. The van der Waals surface area contributed by atoms with Crippen LogP contribution in [-0.4, -0.2) is 50.8 Å². The molecule has 0 saturated carbocycles. The molecule has 0 radical (unpaired) electrons. The molecule has 0 atom stereocenters. The van der Waals surface area contributed by atoms with Crippen molar-refractivity contribution in [2.45, 2.75) is 24.5 Å². The van der Waals surface area contributed by atoms with Gasteiger partial charge in [0.2, 0.25) is 5.16 Å². The molecule has 1 aromatic rings. The molecule has 16 heavy (non-hydrogen) atoms. The van der Waals surface area contributed by atoms with Crippen molar-refractivity contribution in [2.24, 2.45) is 0 Å². The Balaban J connectivity index is 2.80. The molecule has 1 aromatic heterocycles. The molecule has 1 heterocycles. The van der Waals surface area contributed by atoms with Crippen LogP contribution in [0.5, 0.6) is 0 Å². The lowest BCUT2D eigenvalue weighted by Gasteiger charge is -2.24. The van der Waals surface area contributed by atoms with E-state index in [1.807, 2.05) is 13.8 Å². The standard InChI is InChI=1S/C8H14N4O3S/c1-8(2,5-15-3)12-7(9-10-11-12)16-4-6(13)14/h4-5H2,1-3H3,(H,13,14). The fourth-order valence-corrected chi connectivity index (χ4v) is 1.94. The van der Waals surface area contributed by atoms with E-state index in [0.717, 1.165) is 11.8 Å². The highest BCUT2D eigenvalue weighted by Gasteiger charge is 2.25. The smallest absolute Gasteiger partial charge is 0.313 e. The Bertz CT molecular complexity index is 366. The van der Waals surface area contributed by atoms with Gasteiger partial charge in [0, 0.05) is 7.11 Å². The largest absolute Gasteiger partial charge is 0.481 e. The average Bonchev–Trinajstić information content (AvgIpc) is 2.62. The number of thioether (sulfide) groups is 1. The number of hydrogen-bond acceptors (Lipinski definition) is 6. The Kier molecular flexibility index (Phi) is 4.25. The van der Waals surface area contributed by atoms with E-state index in [-0.39, 0.29) is 5.75 Å². The summed E-state index contributed by atoms with van der Waals surface area (Å²) < 4.78 is 6.64. The van der Waals surface area contributed by atoms with Gasteiger partial charge in [-0.15, -0.1) is 5.10 Å². The molecule has 0 fully saturated rings. The maximum absolute atomic E-state index is 10.5. The number of methoxy groups -OCH3 is 1. The molecular weight excluding hydrogens is 232 g/mol. The van der Waals surface area contributed by atoms with Gasteiger partial charge >= 0.3 is 5.97 Å². The van der Waals surface area contributed by atoms with Crippen LogP contribution in [0.15, 0.2) is 5.16 Å². The maximum atomic E-state index is 10.5. The van der Waals surface area contributed by atoms with Crippen molar-refractivity contribution >= 4 is 17.7 Å². The van der Waals surface area contributed by atoms with Crippen molar-refractivity contribution in [1.29, 1.82) is 0 Å². The number of aromatic nitrogens is 4. The minimum atomic E-state index is -0.899.